The van der Waals surface area contributed by atoms with Crippen molar-refractivity contribution in [3.05, 3.63) is 71.3 Å². The van der Waals surface area contributed by atoms with E-state index in [1.54, 1.807) is 0 Å². The minimum Gasteiger partial charge on any atom is -0.456 e. The van der Waals surface area contributed by atoms with E-state index in [2.05, 4.69) is 0 Å². The molecule has 0 heterocycles. The smallest absolute Gasteiger partial charge is 0.419 e. The Morgan fingerprint density at radius 1 is 0.500 bits per heavy atom. The Kier molecular flexibility index (Phi) is 6.24. The van der Waals surface area contributed by atoms with Crippen LogP contribution in [0, 0.1) is 0 Å². The van der Waals surface area contributed by atoms with Gasteiger partial charge < -0.3 is 20.9 Å². The van der Waals surface area contributed by atoms with Gasteiger partial charge in [-0.2, -0.15) is 39.5 Å². The fourth-order valence-electron chi connectivity index (χ4n) is 2.82. The summed E-state index contributed by atoms with van der Waals surface area (Å²) in [6.07, 6.45) is -14.9. The van der Waals surface area contributed by atoms with Crippen LogP contribution in [-0.2, 0) is 18.5 Å². The largest absolute Gasteiger partial charge is 0.456 e. The third kappa shape index (κ3) is 5.77. The standard InChI is InChI=1S/C21H13F9N2O2/c22-19(23,24)10-5-13(33-17-7-11(31)1-3-15(17)20(25,26)27)9-14(6-10)34-18-8-12(32)2-4-16(18)21(28,29)30/h1-9H,31-32H2. The number of rotatable bonds is 4. The Labute approximate surface area is 185 Å². The van der Waals surface area contributed by atoms with Crippen LogP contribution in [0.15, 0.2) is 54.6 Å². The molecule has 0 aliphatic heterocycles. The predicted molar refractivity (Wildman–Crippen MR) is 103 cm³/mol. The molecule has 0 aliphatic carbocycles. The van der Waals surface area contributed by atoms with Gasteiger partial charge in [0.1, 0.15) is 23.0 Å². The Hall–Kier alpha value is -3.77. The first-order chi connectivity index (χ1) is 15.5. The number of anilines is 2. The molecule has 0 bridgehead atoms. The monoisotopic (exact) mass is 496 g/mol. The molecular weight excluding hydrogens is 483 g/mol. The molecule has 0 unspecified atom stereocenters. The molecule has 3 aromatic rings. The summed E-state index contributed by atoms with van der Waals surface area (Å²) < 4.78 is 130. The second kappa shape index (κ2) is 8.54. The molecule has 0 amide bonds. The molecule has 0 spiro atoms. The zero-order valence-electron chi connectivity index (χ0n) is 16.6. The van der Waals surface area contributed by atoms with E-state index in [4.69, 9.17) is 20.9 Å². The first kappa shape index (κ1) is 24.9. The molecule has 182 valence electrons. The van der Waals surface area contributed by atoms with Crippen molar-refractivity contribution >= 4 is 11.4 Å². The van der Waals surface area contributed by atoms with Crippen LogP contribution in [0.2, 0.25) is 0 Å². The first-order valence-electron chi connectivity index (χ1n) is 9.05. The van der Waals surface area contributed by atoms with Gasteiger partial charge in [0.15, 0.2) is 0 Å². The van der Waals surface area contributed by atoms with Crippen molar-refractivity contribution in [1.82, 2.24) is 0 Å². The Bertz CT molecular complexity index is 1120. The van der Waals surface area contributed by atoms with Gasteiger partial charge in [0.05, 0.1) is 16.7 Å². The second-order valence-corrected chi connectivity index (χ2v) is 6.90. The van der Waals surface area contributed by atoms with Crippen molar-refractivity contribution in [2.45, 2.75) is 18.5 Å². The van der Waals surface area contributed by atoms with Gasteiger partial charge >= 0.3 is 18.5 Å². The lowest BCUT2D eigenvalue weighted by Crippen LogP contribution is -2.09. The molecule has 34 heavy (non-hydrogen) atoms. The lowest BCUT2D eigenvalue weighted by atomic mass is 10.1. The van der Waals surface area contributed by atoms with Crippen LogP contribution in [0.5, 0.6) is 23.0 Å². The van der Waals surface area contributed by atoms with E-state index in [-0.39, 0.29) is 11.4 Å². The summed E-state index contributed by atoms with van der Waals surface area (Å²) >= 11 is 0. The Morgan fingerprint density at radius 3 is 1.21 bits per heavy atom. The molecule has 0 aromatic heterocycles. The van der Waals surface area contributed by atoms with Crippen molar-refractivity contribution in [3.63, 3.8) is 0 Å². The van der Waals surface area contributed by atoms with E-state index >= 15 is 0 Å². The number of nitrogen functional groups attached to an aromatic ring is 2. The van der Waals surface area contributed by atoms with E-state index in [0.717, 1.165) is 24.3 Å². The molecule has 0 radical (unpaired) electrons. The van der Waals surface area contributed by atoms with Crippen molar-refractivity contribution < 1.29 is 49.0 Å². The first-order valence-corrected chi connectivity index (χ1v) is 9.05. The van der Waals surface area contributed by atoms with Gasteiger partial charge in [-0.15, -0.1) is 0 Å². The van der Waals surface area contributed by atoms with Crippen molar-refractivity contribution in [2.24, 2.45) is 0 Å². The van der Waals surface area contributed by atoms with Crippen LogP contribution >= 0.6 is 0 Å². The topological polar surface area (TPSA) is 70.5 Å². The van der Waals surface area contributed by atoms with Crippen molar-refractivity contribution in [2.75, 3.05) is 11.5 Å². The predicted octanol–water partition coefficient (Wildman–Crippen LogP) is 7.49. The minimum atomic E-state index is -5.04. The molecule has 13 heteroatoms. The lowest BCUT2D eigenvalue weighted by Gasteiger charge is -2.18. The highest BCUT2D eigenvalue weighted by molar-refractivity contribution is 5.54. The highest BCUT2D eigenvalue weighted by Crippen LogP contribution is 2.44. The summed E-state index contributed by atoms with van der Waals surface area (Å²) in [6.45, 7) is 0. The maximum absolute atomic E-state index is 13.4. The highest BCUT2D eigenvalue weighted by Gasteiger charge is 2.37. The van der Waals surface area contributed by atoms with Gasteiger partial charge in [-0.05, 0) is 36.4 Å². The van der Waals surface area contributed by atoms with Crippen molar-refractivity contribution in [1.29, 1.82) is 0 Å². The van der Waals surface area contributed by atoms with Crippen molar-refractivity contribution in [3.8, 4) is 23.0 Å². The highest BCUT2D eigenvalue weighted by atomic mass is 19.4. The molecule has 4 N–H and O–H groups in total. The fourth-order valence-corrected chi connectivity index (χ4v) is 2.82. The van der Waals surface area contributed by atoms with Gasteiger partial charge in [0.2, 0.25) is 0 Å². The Balaban J connectivity index is 2.11. The minimum absolute atomic E-state index is 0.180. The van der Waals surface area contributed by atoms with Gasteiger partial charge in [-0.3, -0.25) is 0 Å². The maximum Gasteiger partial charge on any atom is 0.419 e. The summed E-state index contributed by atoms with van der Waals surface area (Å²) in [5, 5.41) is 0. The molecule has 4 nitrogen and oxygen atoms in total. The summed E-state index contributed by atoms with van der Waals surface area (Å²) in [7, 11) is 0. The number of hydrogen-bond acceptors (Lipinski definition) is 4. The van der Waals surface area contributed by atoms with E-state index in [0.29, 0.717) is 30.3 Å². The molecule has 0 saturated heterocycles. The molecule has 0 aliphatic rings. The average molecular weight is 496 g/mol. The fraction of sp³-hybridized carbons (Fsp3) is 0.143. The Morgan fingerprint density at radius 2 is 0.882 bits per heavy atom. The number of ether oxygens (including phenoxy) is 2. The van der Waals surface area contributed by atoms with Crippen LogP contribution < -0.4 is 20.9 Å². The SMILES string of the molecule is Nc1ccc(C(F)(F)F)c(Oc2cc(Oc3cc(N)ccc3C(F)(F)F)cc(C(F)(F)F)c2)c1. The normalized spacial score (nSPS) is 12.5. The number of nitrogens with two attached hydrogens (primary N) is 2. The van der Waals surface area contributed by atoms with Gasteiger partial charge in [-0.25, -0.2) is 0 Å². The summed E-state index contributed by atoms with van der Waals surface area (Å²) in [5.74, 6) is -3.42. The number of alkyl halides is 9. The quantitative estimate of drug-likeness (QED) is 0.290. The molecular formula is C21H13F9N2O2. The summed E-state index contributed by atoms with van der Waals surface area (Å²) in [4.78, 5) is 0. The van der Waals surface area contributed by atoms with Crippen LogP contribution in [0.25, 0.3) is 0 Å². The zero-order valence-corrected chi connectivity index (χ0v) is 16.6. The maximum atomic E-state index is 13.4. The molecule has 3 rings (SSSR count). The van der Waals surface area contributed by atoms with E-state index in [9.17, 15) is 39.5 Å². The van der Waals surface area contributed by atoms with Gasteiger partial charge in [0.25, 0.3) is 0 Å². The van der Waals surface area contributed by atoms with Crippen LogP contribution in [0.3, 0.4) is 0 Å². The number of benzene rings is 3. The van der Waals surface area contributed by atoms with Gasteiger partial charge in [-0.1, -0.05) is 0 Å². The lowest BCUT2D eigenvalue weighted by molar-refractivity contribution is -0.139. The summed E-state index contributed by atoms with van der Waals surface area (Å²) in [5.41, 5.74) is 6.43. The molecule has 0 fully saturated rings. The van der Waals surface area contributed by atoms with E-state index in [1.165, 1.54) is 0 Å². The second-order valence-electron chi connectivity index (χ2n) is 6.90. The zero-order chi connectivity index (χ0) is 25.5. The van der Waals surface area contributed by atoms with E-state index in [1.807, 2.05) is 0 Å². The van der Waals surface area contributed by atoms with Gasteiger partial charge in [0, 0.05) is 29.6 Å². The van der Waals surface area contributed by atoms with Crippen LogP contribution in [0.1, 0.15) is 16.7 Å². The average Bonchev–Trinajstić information content (AvgIpc) is 2.65. The number of halogens is 9. The molecule has 0 saturated carbocycles. The third-order valence-corrected chi connectivity index (χ3v) is 4.29. The summed E-state index contributed by atoms with van der Waals surface area (Å²) in [6, 6.07) is 5.86. The molecule has 3 aromatic carbocycles. The number of hydrogen-bond donors (Lipinski definition) is 2. The van der Waals surface area contributed by atoms with E-state index < -0.39 is 58.2 Å². The molecule has 0 atom stereocenters. The van der Waals surface area contributed by atoms with Crippen LogP contribution in [0.4, 0.5) is 50.9 Å². The third-order valence-electron chi connectivity index (χ3n) is 4.29. The van der Waals surface area contributed by atoms with Crippen LogP contribution in [-0.4, -0.2) is 0 Å².